The number of pyridine rings is 1. The maximum Gasteiger partial charge on any atom is 0.244 e. The van der Waals surface area contributed by atoms with Gasteiger partial charge in [-0.15, -0.1) is 0 Å². The standard InChI is InChI=1S/C26H23Cl2N3O3S/c1-31(2)26-21-8-5-7-19(16-12-17(27)14-18(28)13-16)25(21)29-15-24(26)35(32,33)30-22-10-11-34-23-9-4-3-6-20(22)23/h3-9,12-15,22,30H,10-11H2,1-2H3/t22-/m0/s1. The molecule has 3 aromatic carbocycles. The third-order valence-corrected chi connectivity index (χ3v) is 7.91. The Kier molecular flexibility index (Phi) is 6.36. The van der Waals surface area contributed by atoms with Crippen LogP contribution in [0.5, 0.6) is 5.75 Å². The third kappa shape index (κ3) is 4.57. The van der Waals surface area contributed by atoms with E-state index in [1.54, 1.807) is 11.0 Å². The van der Waals surface area contributed by atoms with Crippen molar-refractivity contribution in [2.75, 3.05) is 25.6 Å². The summed E-state index contributed by atoms with van der Waals surface area (Å²) in [5.41, 5.74) is 3.65. The van der Waals surface area contributed by atoms with Gasteiger partial charge in [0.05, 0.1) is 23.9 Å². The van der Waals surface area contributed by atoms with Crippen LogP contribution in [0.3, 0.4) is 0 Å². The topological polar surface area (TPSA) is 71.5 Å². The summed E-state index contributed by atoms with van der Waals surface area (Å²) in [5, 5.41) is 1.73. The molecule has 9 heteroatoms. The molecule has 6 nitrogen and oxygen atoms in total. The molecule has 0 amide bonds. The molecule has 1 aliphatic rings. The van der Waals surface area contributed by atoms with Crippen LogP contribution in [0.1, 0.15) is 18.0 Å². The minimum atomic E-state index is -3.91. The average Bonchev–Trinajstić information content (AvgIpc) is 2.82. The maximum absolute atomic E-state index is 13.7. The van der Waals surface area contributed by atoms with Gasteiger partial charge < -0.3 is 9.64 Å². The summed E-state index contributed by atoms with van der Waals surface area (Å²) in [4.78, 5) is 6.52. The van der Waals surface area contributed by atoms with Crippen LogP contribution in [0.25, 0.3) is 22.0 Å². The average molecular weight is 528 g/mol. The summed E-state index contributed by atoms with van der Waals surface area (Å²) in [7, 11) is -0.273. The van der Waals surface area contributed by atoms with Crippen LogP contribution in [-0.2, 0) is 10.0 Å². The van der Waals surface area contributed by atoms with Gasteiger partial charge in [-0.1, -0.05) is 59.6 Å². The lowest BCUT2D eigenvalue weighted by Gasteiger charge is -2.27. The number of aromatic nitrogens is 1. The zero-order valence-corrected chi connectivity index (χ0v) is 21.5. The van der Waals surface area contributed by atoms with Crippen LogP contribution < -0.4 is 14.4 Å². The summed E-state index contributed by atoms with van der Waals surface area (Å²) in [5.74, 6) is 0.695. The van der Waals surface area contributed by atoms with E-state index in [9.17, 15) is 8.42 Å². The van der Waals surface area contributed by atoms with E-state index in [0.29, 0.717) is 45.4 Å². The number of anilines is 1. The number of fused-ring (bicyclic) bond motifs is 2. The van der Waals surface area contributed by atoms with E-state index in [1.807, 2.05) is 68.7 Å². The van der Waals surface area contributed by atoms with Crippen molar-refractivity contribution in [2.24, 2.45) is 0 Å². The molecule has 1 aromatic heterocycles. The number of nitrogens with zero attached hydrogens (tertiary/aromatic N) is 2. The number of hydrogen-bond acceptors (Lipinski definition) is 5. The number of para-hydroxylation sites is 2. The summed E-state index contributed by atoms with van der Waals surface area (Å²) < 4.78 is 35.9. The van der Waals surface area contributed by atoms with E-state index in [0.717, 1.165) is 16.7 Å². The third-order valence-electron chi connectivity index (χ3n) is 6.00. The van der Waals surface area contributed by atoms with Gasteiger partial charge in [0.2, 0.25) is 10.0 Å². The largest absolute Gasteiger partial charge is 0.493 e. The highest BCUT2D eigenvalue weighted by Gasteiger charge is 2.30. The second kappa shape index (κ2) is 9.32. The van der Waals surface area contributed by atoms with Crippen molar-refractivity contribution in [3.05, 3.63) is 82.5 Å². The molecule has 0 spiro atoms. The lowest BCUT2D eigenvalue weighted by atomic mass is 10.0. The molecule has 4 aromatic rings. The first-order chi connectivity index (χ1) is 16.7. The molecule has 0 radical (unpaired) electrons. The molecule has 0 saturated heterocycles. The van der Waals surface area contributed by atoms with Gasteiger partial charge in [0.15, 0.2) is 0 Å². The summed E-state index contributed by atoms with van der Waals surface area (Å²) >= 11 is 12.5. The number of ether oxygens (including phenoxy) is 1. The highest BCUT2D eigenvalue weighted by atomic mass is 35.5. The van der Waals surface area contributed by atoms with Gasteiger partial charge in [-0.25, -0.2) is 13.1 Å². The highest BCUT2D eigenvalue weighted by molar-refractivity contribution is 7.89. The molecule has 0 unspecified atom stereocenters. The maximum atomic E-state index is 13.7. The Balaban J connectivity index is 1.63. The van der Waals surface area contributed by atoms with Crippen molar-refractivity contribution in [3.8, 4) is 16.9 Å². The zero-order valence-electron chi connectivity index (χ0n) is 19.1. The Labute approximate surface area is 214 Å². The van der Waals surface area contributed by atoms with Gasteiger partial charge >= 0.3 is 0 Å². The normalized spacial score (nSPS) is 15.5. The Morgan fingerprint density at radius 3 is 2.51 bits per heavy atom. The number of rotatable bonds is 5. The molecular formula is C26H23Cl2N3O3S. The van der Waals surface area contributed by atoms with Gasteiger partial charge in [-0.2, -0.15) is 0 Å². The molecule has 1 aliphatic heterocycles. The molecule has 0 saturated carbocycles. The van der Waals surface area contributed by atoms with Crippen LogP contribution in [0.4, 0.5) is 5.69 Å². The Hall–Kier alpha value is -2.84. The van der Waals surface area contributed by atoms with E-state index in [1.165, 1.54) is 6.20 Å². The second-order valence-corrected chi connectivity index (χ2v) is 11.1. The van der Waals surface area contributed by atoms with E-state index in [-0.39, 0.29) is 4.90 Å². The number of sulfonamides is 1. The Bertz CT molecular complexity index is 1520. The summed E-state index contributed by atoms with van der Waals surface area (Å²) in [6.45, 7) is 0.437. The fourth-order valence-corrected chi connectivity index (χ4v) is 6.52. The fraction of sp³-hybridized carbons (Fsp3) is 0.192. The second-order valence-electron chi connectivity index (χ2n) is 8.57. The first kappa shape index (κ1) is 23.9. The minimum absolute atomic E-state index is 0.111. The van der Waals surface area contributed by atoms with Gasteiger partial charge in [0, 0.05) is 53.3 Å². The first-order valence-electron chi connectivity index (χ1n) is 11.0. The number of halogens is 2. The molecule has 0 bridgehead atoms. The predicted octanol–water partition coefficient (Wildman–Crippen LogP) is 6.08. The van der Waals surface area contributed by atoms with E-state index in [2.05, 4.69) is 9.71 Å². The number of hydrogen-bond donors (Lipinski definition) is 1. The number of nitrogens with one attached hydrogen (secondary N) is 1. The van der Waals surface area contributed by atoms with E-state index < -0.39 is 16.1 Å². The first-order valence-corrected chi connectivity index (χ1v) is 13.3. The molecule has 35 heavy (non-hydrogen) atoms. The van der Waals surface area contributed by atoms with Gasteiger partial charge in [-0.3, -0.25) is 4.98 Å². The van der Waals surface area contributed by atoms with E-state index in [4.69, 9.17) is 27.9 Å². The SMILES string of the molecule is CN(C)c1c(S(=O)(=O)N[C@H]2CCOc3ccccc32)cnc2c(-c3cc(Cl)cc(Cl)c3)cccc12. The summed E-state index contributed by atoms with van der Waals surface area (Å²) in [6, 6.07) is 18.0. The van der Waals surface area contributed by atoms with Crippen molar-refractivity contribution in [2.45, 2.75) is 17.4 Å². The molecular weight excluding hydrogens is 505 g/mol. The zero-order chi connectivity index (χ0) is 24.7. The van der Waals surface area contributed by atoms with Crippen molar-refractivity contribution < 1.29 is 13.2 Å². The molecule has 180 valence electrons. The quantitative estimate of drug-likeness (QED) is 0.340. The van der Waals surface area contributed by atoms with Crippen LogP contribution in [0.2, 0.25) is 10.0 Å². The lowest BCUT2D eigenvalue weighted by Crippen LogP contribution is -2.33. The van der Waals surface area contributed by atoms with Crippen molar-refractivity contribution in [3.63, 3.8) is 0 Å². The van der Waals surface area contributed by atoms with Gasteiger partial charge in [-0.05, 0) is 29.8 Å². The smallest absolute Gasteiger partial charge is 0.244 e. The van der Waals surface area contributed by atoms with Crippen molar-refractivity contribution in [1.29, 1.82) is 0 Å². The predicted molar refractivity (Wildman–Crippen MR) is 141 cm³/mol. The van der Waals surface area contributed by atoms with Crippen molar-refractivity contribution in [1.82, 2.24) is 9.71 Å². The molecule has 5 rings (SSSR count). The molecule has 0 aliphatic carbocycles. The summed E-state index contributed by atoms with van der Waals surface area (Å²) in [6.07, 6.45) is 1.95. The molecule has 2 heterocycles. The highest BCUT2D eigenvalue weighted by Crippen LogP contribution is 2.39. The Morgan fingerprint density at radius 2 is 1.77 bits per heavy atom. The minimum Gasteiger partial charge on any atom is -0.493 e. The molecule has 0 fully saturated rings. The van der Waals surface area contributed by atoms with Gasteiger partial charge in [0.1, 0.15) is 10.6 Å². The Morgan fingerprint density at radius 1 is 1.03 bits per heavy atom. The lowest BCUT2D eigenvalue weighted by molar-refractivity contribution is 0.263. The monoisotopic (exact) mass is 527 g/mol. The van der Waals surface area contributed by atoms with Crippen LogP contribution in [0.15, 0.2) is 71.8 Å². The fourth-order valence-electron chi connectivity index (χ4n) is 4.51. The van der Waals surface area contributed by atoms with E-state index >= 15 is 0 Å². The number of benzene rings is 3. The van der Waals surface area contributed by atoms with Crippen LogP contribution >= 0.6 is 23.2 Å². The van der Waals surface area contributed by atoms with Crippen LogP contribution in [0, 0.1) is 0 Å². The van der Waals surface area contributed by atoms with Gasteiger partial charge in [0.25, 0.3) is 0 Å². The molecule has 1 N–H and O–H groups in total. The molecule has 1 atom stereocenters. The van der Waals surface area contributed by atoms with Crippen molar-refractivity contribution >= 4 is 49.8 Å². The van der Waals surface area contributed by atoms with Crippen LogP contribution in [-0.4, -0.2) is 34.1 Å².